The summed E-state index contributed by atoms with van der Waals surface area (Å²) in [5, 5.41) is 3.32. The third-order valence-electron chi connectivity index (χ3n) is 5.36. The minimum Gasteiger partial charge on any atom is -0.444 e. The third kappa shape index (κ3) is 9.67. The summed E-state index contributed by atoms with van der Waals surface area (Å²) in [6, 6.07) is 0. The van der Waals surface area contributed by atoms with Gasteiger partial charge in [0.05, 0.1) is 12.5 Å². The molecule has 0 spiro atoms. The molecule has 0 saturated carbocycles. The molecule has 1 aliphatic rings. The zero-order chi connectivity index (χ0) is 23.8. The van der Waals surface area contributed by atoms with Crippen molar-refractivity contribution in [2.75, 3.05) is 13.2 Å². The van der Waals surface area contributed by atoms with Crippen molar-refractivity contribution in [3.8, 4) is 0 Å². The molecule has 1 rings (SSSR count). The predicted molar refractivity (Wildman–Crippen MR) is 114 cm³/mol. The Hall–Kier alpha value is -2.16. The van der Waals surface area contributed by atoms with E-state index in [2.05, 4.69) is 5.32 Å². The van der Waals surface area contributed by atoms with Crippen LogP contribution in [0.15, 0.2) is 0 Å². The molecule has 9 nitrogen and oxygen atoms in total. The van der Waals surface area contributed by atoms with Gasteiger partial charge in [0, 0.05) is 26.0 Å². The smallest absolute Gasteiger partial charge is 0.407 e. The van der Waals surface area contributed by atoms with E-state index in [4.69, 9.17) is 14.3 Å². The summed E-state index contributed by atoms with van der Waals surface area (Å²) < 4.78 is 11.3. The minimum atomic E-state index is -0.666. The van der Waals surface area contributed by atoms with E-state index < -0.39 is 35.6 Å². The second-order valence-electron chi connectivity index (χ2n) is 9.34. The molecule has 0 radical (unpaired) electrons. The Labute approximate surface area is 185 Å². The van der Waals surface area contributed by atoms with Crippen molar-refractivity contribution in [3.05, 3.63) is 0 Å². The number of nitrogens with zero attached hydrogens (tertiary/aromatic N) is 1. The fourth-order valence-electron chi connectivity index (χ4n) is 2.85. The highest BCUT2D eigenvalue weighted by molar-refractivity contribution is 6.01. The lowest BCUT2D eigenvalue weighted by Gasteiger charge is -2.27. The Morgan fingerprint density at radius 2 is 1.61 bits per heavy atom. The van der Waals surface area contributed by atoms with Crippen molar-refractivity contribution >= 4 is 23.9 Å². The van der Waals surface area contributed by atoms with E-state index in [9.17, 15) is 19.2 Å². The second-order valence-corrected chi connectivity index (χ2v) is 9.34. The maximum atomic E-state index is 12.3. The van der Waals surface area contributed by atoms with Gasteiger partial charge in [-0.3, -0.25) is 9.59 Å². The fourth-order valence-corrected chi connectivity index (χ4v) is 2.85. The van der Waals surface area contributed by atoms with E-state index in [0.717, 1.165) is 6.42 Å². The Bertz CT molecular complexity index is 628. The largest absolute Gasteiger partial charge is 0.444 e. The minimum absolute atomic E-state index is 0.0523. The molecule has 31 heavy (non-hydrogen) atoms. The van der Waals surface area contributed by atoms with Gasteiger partial charge in [0.15, 0.2) is 0 Å². The van der Waals surface area contributed by atoms with Gasteiger partial charge in [-0.2, -0.15) is 0 Å². The number of imide groups is 1. The van der Waals surface area contributed by atoms with E-state index in [1.807, 2.05) is 48.5 Å². The van der Waals surface area contributed by atoms with E-state index in [1.165, 1.54) is 0 Å². The standard InChI is InChI=1S/C22H38N2O7/c1-8-14(2)17(11-20(27)31-24-18(25)9-10-19(24)26)29-13-16(4)15(3)12-23-21(28)30-22(5,6)7/h14-17H,8-13H2,1-7H3,(H,23,28). The van der Waals surface area contributed by atoms with Gasteiger partial charge in [0.2, 0.25) is 0 Å². The Kier molecular flexibility index (Phi) is 10.4. The summed E-state index contributed by atoms with van der Waals surface area (Å²) in [5.41, 5.74) is -0.551. The molecule has 0 bridgehead atoms. The molecule has 1 saturated heterocycles. The number of amides is 3. The van der Waals surface area contributed by atoms with E-state index >= 15 is 0 Å². The first-order valence-electron chi connectivity index (χ1n) is 11.0. The molecule has 1 fully saturated rings. The van der Waals surface area contributed by atoms with Crippen molar-refractivity contribution in [2.24, 2.45) is 17.8 Å². The number of carbonyl (C=O) groups is 4. The van der Waals surface area contributed by atoms with Gasteiger partial charge >= 0.3 is 12.1 Å². The summed E-state index contributed by atoms with van der Waals surface area (Å²) in [7, 11) is 0. The van der Waals surface area contributed by atoms with Crippen LogP contribution in [0.4, 0.5) is 4.79 Å². The molecule has 1 N–H and O–H groups in total. The highest BCUT2D eigenvalue weighted by Crippen LogP contribution is 2.21. The number of hydrogen-bond acceptors (Lipinski definition) is 7. The zero-order valence-electron chi connectivity index (χ0n) is 19.9. The number of carbonyl (C=O) groups excluding carboxylic acids is 4. The quantitative estimate of drug-likeness (QED) is 0.489. The van der Waals surface area contributed by atoms with Crippen molar-refractivity contribution in [2.45, 2.75) is 85.9 Å². The van der Waals surface area contributed by atoms with Gasteiger partial charge in [-0.1, -0.05) is 34.1 Å². The number of alkyl carbamates (subject to hydrolysis) is 1. The molecule has 178 valence electrons. The average Bonchev–Trinajstić information content (AvgIpc) is 2.98. The predicted octanol–water partition coefficient (Wildman–Crippen LogP) is 3.21. The van der Waals surface area contributed by atoms with Crippen molar-refractivity contribution in [1.29, 1.82) is 0 Å². The van der Waals surface area contributed by atoms with Gasteiger partial charge in [0.25, 0.3) is 11.8 Å². The lowest BCUT2D eigenvalue weighted by Crippen LogP contribution is -2.37. The number of rotatable bonds is 11. The van der Waals surface area contributed by atoms with Crippen LogP contribution in [0.5, 0.6) is 0 Å². The van der Waals surface area contributed by atoms with Crippen LogP contribution in [0, 0.1) is 17.8 Å². The number of hydroxylamine groups is 2. The summed E-state index contributed by atoms with van der Waals surface area (Å²) >= 11 is 0. The molecule has 0 aliphatic carbocycles. The maximum absolute atomic E-state index is 12.3. The van der Waals surface area contributed by atoms with Crippen molar-refractivity contribution < 1.29 is 33.5 Å². The SMILES string of the molecule is CCC(C)C(CC(=O)ON1C(=O)CCC1=O)OCC(C)C(C)CNC(=O)OC(C)(C)C. The summed E-state index contributed by atoms with van der Waals surface area (Å²) in [6.07, 6.45) is -0.00109. The Balaban J connectivity index is 2.52. The molecular formula is C22H38N2O7. The molecule has 3 amide bonds. The number of nitrogens with one attached hydrogen (secondary N) is 1. The summed E-state index contributed by atoms with van der Waals surface area (Å²) in [5.74, 6) is -1.35. The molecular weight excluding hydrogens is 404 g/mol. The average molecular weight is 443 g/mol. The van der Waals surface area contributed by atoms with Crippen LogP contribution in [-0.4, -0.2) is 53.8 Å². The Morgan fingerprint density at radius 1 is 1.03 bits per heavy atom. The lowest BCUT2D eigenvalue weighted by atomic mass is 9.95. The highest BCUT2D eigenvalue weighted by Gasteiger charge is 2.34. The molecule has 0 aromatic rings. The number of hydrogen-bond donors (Lipinski definition) is 1. The zero-order valence-corrected chi connectivity index (χ0v) is 19.9. The van der Waals surface area contributed by atoms with Crippen LogP contribution in [0.3, 0.4) is 0 Å². The van der Waals surface area contributed by atoms with Crippen LogP contribution in [0.25, 0.3) is 0 Å². The summed E-state index contributed by atoms with van der Waals surface area (Å²) in [4.78, 5) is 52.3. The number of ether oxygens (including phenoxy) is 2. The van der Waals surface area contributed by atoms with Gasteiger partial charge in [-0.05, 0) is 38.5 Å². The van der Waals surface area contributed by atoms with Crippen LogP contribution in [0.2, 0.25) is 0 Å². The molecule has 4 atom stereocenters. The summed E-state index contributed by atoms with van der Waals surface area (Å²) in [6.45, 7) is 14.2. The monoisotopic (exact) mass is 442 g/mol. The molecule has 4 unspecified atom stereocenters. The molecule has 1 aliphatic heterocycles. The second kappa shape index (κ2) is 12.0. The van der Waals surface area contributed by atoms with Crippen LogP contribution >= 0.6 is 0 Å². The Morgan fingerprint density at radius 3 is 2.13 bits per heavy atom. The lowest BCUT2D eigenvalue weighted by molar-refractivity contribution is -0.199. The van der Waals surface area contributed by atoms with Crippen molar-refractivity contribution in [1.82, 2.24) is 10.4 Å². The maximum Gasteiger partial charge on any atom is 0.407 e. The van der Waals surface area contributed by atoms with Crippen LogP contribution in [0.1, 0.15) is 74.1 Å². The van der Waals surface area contributed by atoms with E-state index in [0.29, 0.717) is 18.2 Å². The normalized spacial score (nSPS) is 18.4. The first-order chi connectivity index (χ1) is 14.3. The first kappa shape index (κ1) is 26.9. The molecule has 0 aromatic heterocycles. The van der Waals surface area contributed by atoms with E-state index in [1.54, 1.807) is 0 Å². The van der Waals surface area contributed by atoms with Gasteiger partial charge in [-0.15, -0.1) is 5.06 Å². The van der Waals surface area contributed by atoms with E-state index in [-0.39, 0.29) is 37.0 Å². The molecule has 0 aromatic carbocycles. The van der Waals surface area contributed by atoms with Gasteiger partial charge < -0.3 is 19.6 Å². The van der Waals surface area contributed by atoms with Gasteiger partial charge in [0.1, 0.15) is 5.60 Å². The fraction of sp³-hybridized carbons (Fsp3) is 0.818. The highest BCUT2D eigenvalue weighted by atomic mass is 16.7. The first-order valence-corrected chi connectivity index (χ1v) is 11.0. The van der Waals surface area contributed by atoms with Crippen LogP contribution < -0.4 is 5.32 Å². The topological polar surface area (TPSA) is 111 Å². The third-order valence-corrected chi connectivity index (χ3v) is 5.36. The van der Waals surface area contributed by atoms with Gasteiger partial charge in [-0.25, -0.2) is 9.59 Å². The van der Waals surface area contributed by atoms with Crippen LogP contribution in [-0.2, 0) is 28.7 Å². The molecule has 1 heterocycles. The van der Waals surface area contributed by atoms with Crippen molar-refractivity contribution in [3.63, 3.8) is 0 Å². The molecule has 9 heteroatoms.